The standard InChI is InChI=1S/C10H7BrFN3/c11-9-2-7(12)1-8(10(9)13)6-3-14-5-15-4-6/h1-5H,13H2. The number of nitrogen functional groups attached to an aromatic ring is 1. The van der Waals surface area contributed by atoms with Gasteiger partial charge in [0.1, 0.15) is 12.1 Å². The smallest absolute Gasteiger partial charge is 0.125 e. The summed E-state index contributed by atoms with van der Waals surface area (Å²) in [6.45, 7) is 0. The average molecular weight is 268 g/mol. The highest BCUT2D eigenvalue weighted by atomic mass is 79.9. The van der Waals surface area contributed by atoms with Gasteiger partial charge in [-0.1, -0.05) is 0 Å². The van der Waals surface area contributed by atoms with Crippen molar-refractivity contribution in [1.82, 2.24) is 9.97 Å². The molecule has 76 valence electrons. The highest BCUT2D eigenvalue weighted by Crippen LogP contribution is 2.31. The molecule has 1 aromatic carbocycles. The minimum atomic E-state index is -0.352. The van der Waals surface area contributed by atoms with Crippen LogP contribution in [0.1, 0.15) is 0 Å². The predicted octanol–water partition coefficient (Wildman–Crippen LogP) is 2.63. The van der Waals surface area contributed by atoms with E-state index in [1.165, 1.54) is 18.5 Å². The second-order valence-electron chi connectivity index (χ2n) is 2.98. The van der Waals surface area contributed by atoms with Crippen molar-refractivity contribution in [1.29, 1.82) is 0 Å². The van der Waals surface area contributed by atoms with Crippen LogP contribution in [0.25, 0.3) is 11.1 Å². The van der Waals surface area contributed by atoms with E-state index in [0.29, 0.717) is 21.3 Å². The van der Waals surface area contributed by atoms with Gasteiger partial charge in [0.2, 0.25) is 0 Å². The molecule has 0 unspecified atom stereocenters. The van der Waals surface area contributed by atoms with Crippen LogP contribution >= 0.6 is 15.9 Å². The summed E-state index contributed by atoms with van der Waals surface area (Å²) in [6, 6.07) is 2.68. The summed E-state index contributed by atoms with van der Waals surface area (Å²) >= 11 is 3.19. The summed E-state index contributed by atoms with van der Waals surface area (Å²) < 4.78 is 13.7. The molecule has 2 rings (SSSR count). The summed E-state index contributed by atoms with van der Waals surface area (Å²) in [7, 11) is 0. The Hall–Kier alpha value is -1.49. The Morgan fingerprint density at radius 3 is 2.53 bits per heavy atom. The van der Waals surface area contributed by atoms with Crippen LogP contribution < -0.4 is 5.73 Å². The molecule has 1 heterocycles. The highest BCUT2D eigenvalue weighted by molar-refractivity contribution is 9.10. The lowest BCUT2D eigenvalue weighted by Crippen LogP contribution is -1.94. The average Bonchev–Trinajstić information content (AvgIpc) is 2.24. The lowest BCUT2D eigenvalue weighted by Gasteiger charge is -2.06. The summed E-state index contributed by atoms with van der Waals surface area (Å²) in [4.78, 5) is 7.71. The maximum absolute atomic E-state index is 13.2. The second kappa shape index (κ2) is 3.94. The molecule has 0 atom stereocenters. The summed E-state index contributed by atoms with van der Waals surface area (Å²) in [5.74, 6) is -0.352. The van der Waals surface area contributed by atoms with E-state index in [1.54, 1.807) is 12.4 Å². The van der Waals surface area contributed by atoms with Gasteiger partial charge < -0.3 is 5.73 Å². The number of benzene rings is 1. The Morgan fingerprint density at radius 1 is 1.20 bits per heavy atom. The molecule has 3 nitrogen and oxygen atoms in total. The van der Waals surface area contributed by atoms with Gasteiger partial charge in [0.05, 0.1) is 5.69 Å². The first-order valence-electron chi connectivity index (χ1n) is 4.18. The highest BCUT2D eigenvalue weighted by Gasteiger charge is 2.08. The van der Waals surface area contributed by atoms with E-state index < -0.39 is 0 Å². The topological polar surface area (TPSA) is 51.8 Å². The first-order chi connectivity index (χ1) is 7.18. The second-order valence-corrected chi connectivity index (χ2v) is 3.83. The summed E-state index contributed by atoms with van der Waals surface area (Å²) in [6.07, 6.45) is 4.59. The van der Waals surface area contributed by atoms with Crippen molar-refractivity contribution >= 4 is 21.6 Å². The Morgan fingerprint density at radius 2 is 1.87 bits per heavy atom. The van der Waals surface area contributed by atoms with E-state index in [0.717, 1.165) is 0 Å². The van der Waals surface area contributed by atoms with Crippen molar-refractivity contribution in [2.45, 2.75) is 0 Å². The molecule has 2 aromatic rings. The normalized spacial score (nSPS) is 10.3. The number of hydrogen-bond donors (Lipinski definition) is 1. The van der Waals surface area contributed by atoms with Crippen LogP contribution in [0.15, 0.2) is 35.3 Å². The summed E-state index contributed by atoms with van der Waals surface area (Å²) in [5, 5.41) is 0. The molecule has 0 fully saturated rings. The van der Waals surface area contributed by atoms with Crippen LogP contribution in [0.4, 0.5) is 10.1 Å². The minimum absolute atomic E-state index is 0.352. The first kappa shape index (κ1) is 10.0. The van der Waals surface area contributed by atoms with Crippen molar-refractivity contribution in [3.63, 3.8) is 0 Å². The number of halogens is 2. The Labute approximate surface area is 94.3 Å². The number of hydrogen-bond acceptors (Lipinski definition) is 3. The van der Waals surface area contributed by atoms with Crippen LogP contribution in [0.2, 0.25) is 0 Å². The molecule has 0 amide bonds. The van der Waals surface area contributed by atoms with E-state index in [9.17, 15) is 4.39 Å². The number of aromatic nitrogens is 2. The maximum atomic E-state index is 13.2. The molecule has 1 aromatic heterocycles. The molecule has 0 radical (unpaired) electrons. The minimum Gasteiger partial charge on any atom is -0.397 e. The fourth-order valence-corrected chi connectivity index (χ4v) is 1.69. The van der Waals surface area contributed by atoms with Gasteiger partial charge in [0.25, 0.3) is 0 Å². The molecule has 0 aliphatic rings. The van der Waals surface area contributed by atoms with Gasteiger partial charge in [0.15, 0.2) is 0 Å². The van der Waals surface area contributed by atoms with Crippen molar-refractivity contribution < 1.29 is 4.39 Å². The molecule has 5 heteroatoms. The van der Waals surface area contributed by atoms with Crippen LogP contribution in [0, 0.1) is 5.82 Å². The fraction of sp³-hybridized carbons (Fsp3) is 0. The number of rotatable bonds is 1. The molecule has 0 aliphatic carbocycles. The van der Waals surface area contributed by atoms with Crippen LogP contribution in [0.3, 0.4) is 0 Å². The third-order valence-electron chi connectivity index (χ3n) is 1.97. The van der Waals surface area contributed by atoms with Gasteiger partial charge >= 0.3 is 0 Å². The fourth-order valence-electron chi connectivity index (χ4n) is 1.26. The SMILES string of the molecule is Nc1c(Br)cc(F)cc1-c1cncnc1. The monoisotopic (exact) mass is 267 g/mol. The molecule has 0 bridgehead atoms. The van der Waals surface area contributed by atoms with Crippen molar-refractivity contribution in [3.05, 3.63) is 41.1 Å². The number of nitrogens with two attached hydrogens (primary N) is 1. The van der Waals surface area contributed by atoms with E-state index in [4.69, 9.17) is 5.73 Å². The maximum Gasteiger partial charge on any atom is 0.125 e. The molecule has 0 spiro atoms. The van der Waals surface area contributed by atoms with Gasteiger partial charge in [-0.15, -0.1) is 0 Å². The number of anilines is 1. The molecular formula is C10H7BrFN3. The van der Waals surface area contributed by atoms with Gasteiger partial charge in [0, 0.05) is 28.0 Å². The van der Waals surface area contributed by atoms with Crippen LogP contribution in [0.5, 0.6) is 0 Å². The lowest BCUT2D eigenvalue weighted by atomic mass is 10.1. The van der Waals surface area contributed by atoms with Crippen molar-refractivity contribution in [2.24, 2.45) is 0 Å². The third-order valence-corrected chi connectivity index (χ3v) is 2.62. The van der Waals surface area contributed by atoms with E-state index in [2.05, 4.69) is 25.9 Å². The van der Waals surface area contributed by atoms with Gasteiger partial charge in [-0.3, -0.25) is 0 Å². The predicted molar refractivity (Wildman–Crippen MR) is 59.5 cm³/mol. The van der Waals surface area contributed by atoms with Crippen LogP contribution in [-0.2, 0) is 0 Å². The molecular weight excluding hydrogens is 261 g/mol. The molecule has 2 N–H and O–H groups in total. The quantitative estimate of drug-likeness (QED) is 0.809. The third kappa shape index (κ3) is 1.97. The van der Waals surface area contributed by atoms with Crippen molar-refractivity contribution in [3.8, 4) is 11.1 Å². The molecule has 0 aliphatic heterocycles. The van der Waals surface area contributed by atoms with E-state index in [1.807, 2.05) is 0 Å². The number of nitrogens with zero attached hydrogens (tertiary/aromatic N) is 2. The van der Waals surface area contributed by atoms with Crippen LogP contribution in [-0.4, -0.2) is 9.97 Å². The first-order valence-corrected chi connectivity index (χ1v) is 4.97. The molecule has 15 heavy (non-hydrogen) atoms. The largest absolute Gasteiger partial charge is 0.397 e. The van der Waals surface area contributed by atoms with E-state index >= 15 is 0 Å². The van der Waals surface area contributed by atoms with Crippen molar-refractivity contribution in [2.75, 3.05) is 5.73 Å². The molecule has 0 saturated heterocycles. The zero-order chi connectivity index (χ0) is 10.8. The Bertz CT molecular complexity index is 488. The van der Waals surface area contributed by atoms with Gasteiger partial charge in [-0.25, -0.2) is 14.4 Å². The Kier molecular flexibility index (Phi) is 2.64. The van der Waals surface area contributed by atoms with E-state index in [-0.39, 0.29) is 5.82 Å². The van der Waals surface area contributed by atoms with Gasteiger partial charge in [-0.05, 0) is 28.1 Å². The van der Waals surface area contributed by atoms with Gasteiger partial charge in [-0.2, -0.15) is 0 Å². The Balaban J connectivity index is 2.63. The zero-order valence-corrected chi connectivity index (χ0v) is 9.20. The lowest BCUT2D eigenvalue weighted by molar-refractivity contribution is 0.627. The summed E-state index contributed by atoms with van der Waals surface area (Å²) in [5.41, 5.74) is 7.57. The molecule has 0 saturated carbocycles. The zero-order valence-electron chi connectivity index (χ0n) is 7.61.